The van der Waals surface area contributed by atoms with Gasteiger partial charge in [-0.05, 0) is 29.2 Å². The molecular weight excluding hydrogens is 308 g/mol. The number of methoxy groups -OCH3 is 1. The normalized spacial score (nSPS) is 11.4. The molecule has 0 heterocycles. The molecule has 0 atom stereocenters. The lowest BCUT2D eigenvalue weighted by atomic mass is 9.85. The molecule has 0 bridgehead atoms. The van der Waals surface area contributed by atoms with Crippen molar-refractivity contribution in [2.45, 2.75) is 26.2 Å². The molecule has 4 heteroatoms. The van der Waals surface area contributed by atoms with E-state index in [0.29, 0.717) is 29.9 Å². The highest BCUT2D eigenvalue weighted by Gasteiger charge is 2.17. The van der Waals surface area contributed by atoms with Crippen molar-refractivity contribution in [2.24, 2.45) is 0 Å². The standard InChI is InChI=1S/C15H21BrO3/c1-15(2,3)12-7-11(14(17)10-16)8-13(9-12)19-6-5-18-4/h7-9H,5-6,10H2,1-4H3. The van der Waals surface area contributed by atoms with E-state index in [1.54, 1.807) is 13.2 Å². The van der Waals surface area contributed by atoms with Crippen molar-refractivity contribution in [3.05, 3.63) is 29.3 Å². The molecule has 1 rings (SSSR count). The molecule has 0 fully saturated rings. The molecule has 0 unspecified atom stereocenters. The first-order valence-corrected chi connectivity index (χ1v) is 7.37. The highest BCUT2D eigenvalue weighted by atomic mass is 79.9. The highest BCUT2D eigenvalue weighted by molar-refractivity contribution is 9.09. The number of ketones is 1. The first-order chi connectivity index (χ1) is 8.88. The van der Waals surface area contributed by atoms with Gasteiger partial charge in [-0.1, -0.05) is 36.7 Å². The average molecular weight is 329 g/mol. The van der Waals surface area contributed by atoms with E-state index >= 15 is 0 Å². The molecule has 19 heavy (non-hydrogen) atoms. The van der Waals surface area contributed by atoms with Gasteiger partial charge in [-0.25, -0.2) is 0 Å². The molecule has 0 radical (unpaired) electrons. The van der Waals surface area contributed by atoms with Gasteiger partial charge < -0.3 is 9.47 Å². The van der Waals surface area contributed by atoms with E-state index in [4.69, 9.17) is 9.47 Å². The van der Waals surface area contributed by atoms with Crippen LogP contribution in [0, 0.1) is 0 Å². The topological polar surface area (TPSA) is 35.5 Å². The summed E-state index contributed by atoms with van der Waals surface area (Å²) in [6.07, 6.45) is 0. The van der Waals surface area contributed by atoms with Crippen molar-refractivity contribution in [1.29, 1.82) is 0 Å². The van der Waals surface area contributed by atoms with Crippen LogP contribution in [-0.4, -0.2) is 31.4 Å². The number of carbonyl (C=O) groups excluding carboxylic acids is 1. The Morgan fingerprint density at radius 1 is 1.21 bits per heavy atom. The summed E-state index contributed by atoms with van der Waals surface area (Å²) in [4.78, 5) is 11.8. The monoisotopic (exact) mass is 328 g/mol. The van der Waals surface area contributed by atoms with Gasteiger partial charge in [0.2, 0.25) is 0 Å². The van der Waals surface area contributed by atoms with Gasteiger partial charge in [0.15, 0.2) is 5.78 Å². The maximum atomic E-state index is 11.8. The summed E-state index contributed by atoms with van der Waals surface area (Å²) in [6.45, 7) is 7.35. The maximum absolute atomic E-state index is 11.8. The van der Waals surface area contributed by atoms with Crippen LogP contribution in [-0.2, 0) is 10.2 Å². The lowest BCUT2D eigenvalue weighted by molar-refractivity contribution is 0.102. The van der Waals surface area contributed by atoms with Crippen molar-refractivity contribution < 1.29 is 14.3 Å². The molecule has 0 saturated heterocycles. The number of carbonyl (C=O) groups is 1. The fourth-order valence-corrected chi connectivity index (χ4v) is 1.92. The second kappa shape index (κ2) is 7.06. The molecule has 1 aromatic rings. The summed E-state index contributed by atoms with van der Waals surface area (Å²) in [5.74, 6) is 0.775. The zero-order valence-corrected chi connectivity index (χ0v) is 13.5. The quantitative estimate of drug-likeness (QED) is 0.455. The summed E-state index contributed by atoms with van der Waals surface area (Å²) in [5, 5.41) is 0.318. The number of rotatable bonds is 6. The summed E-state index contributed by atoms with van der Waals surface area (Å²) in [7, 11) is 1.63. The Hall–Kier alpha value is -0.870. The van der Waals surface area contributed by atoms with E-state index in [-0.39, 0.29) is 11.2 Å². The van der Waals surface area contributed by atoms with E-state index in [1.165, 1.54) is 0 Å². The zero-order valence-electron chi connectivity index (χ0n) is 12.0. The first kappa shape index (κ1) is 16.2. The van der Waals surface area contributed by atoms with Crippen molar-refractivity contribution in [2.75, 3.05) is 25.7 Å². The van der Waals surface area contributed by atoms with Gasteiger partial charge in [-0.3, -0.25) is 4.79 Å². The number of halogens is 1. The number of Topliss-reactive ketones (excluding diaryl/α,β-unsaturated/α-hetero) is 1. The van der Waals surface area contributed by atoms with E-state index in [9.17, 15) is 4.79 Å². The summed E-state index contributed by atoms with van der Waals surface area (Å²) in [5.41, 5.74) is 1.74. The highest BCUT2D eigenvalue weighted by Crippen LogP contribution is 2.28. The minimum absolute atomic E-state index is 0.0258. The molecule has 0 aliphatic heterocycles. The molecule has 0 aromatic heterocycles. The Balaban J connectivity index is 3.06. The molecule has 106 valence electrons. The van der Waals surface area contributed by atoms with Crippen molar-refractivity contribution in [1.82, 2.24) is 0 Å². The lowest BCUT2D eigenvalue weighted by Crippen LogP contribution is -2.14. The minimum Gasteiger partial charge on any atom is -0.491 e. The van der Waals surface area contributed by atoms with E-state index in [0.717, 1.165) is 5.56 Å². The van der Waals surface area contributed by atoms with Crippen LogP contribution in [0.1, 0.15) is 36.7 Å². The summed E-state index contributed by atoms with van der Waals surface area (Å²) >= 11 is 3.20. The lowest BCUT2D eigenvalue weighted by Gasteiger charge is -2.21. The smallest absolute Gasteiger partial charge is 0.173 e. The molecule has 0 amide bonds. The molecule has 0 N–H and O–H groups in total. The third kappa shape index (κ3) is 4.96. The fourth-order valence-electron chi connectivity index (χ4n) is 1.60. The predicted molar refractivity (Wildman–Crippen MR) is 80.6 cm³/mol. The number of hydrogen-bond donors (Lipinski definition) is 0. The fraction of sp³-hybridized carbons (Fsp3) is 0.533. The third-order valence-corrected chi connectivity index (χ3v) is 3.28. The summed E-state index contributed by atoms with van der Waals surface area (Å²) in [6, 6.07) is 5.71. The van der Waals surface area contributed by atoms with Gasteiger partial charge in [0.25, 0.3) is 0 Å². The maximum Gasteiger partial charge on any atom is 0.173 e. The third-order valence-electron chi connectivity index (χ3n) is 2.77. The van der Waals surface area contributed by atoms with Gasteiger partial charge in [-0.15, -0.1) is 0 Å². The van der Waals surface area contributed by atoms with Crippen LogP contribution >= 0.6 is 15.9 Å². The van der Waals surface area contributed by atoms with Crippen LogP contribution in [0.4, 0.5) is 0 Å². The van der Waals surface area contributed by atoms with Gasteiger partial charge in [-0.2, -0.15) is 0 Å². The predicted octanol–water partition coefficient (Wildman–Crippen LogP) is 3.59. The van der Waals surface area contributed by atoms with Crippen molar-refractivity contribution in [3.63, 3.8) is 0 Å². The molecule has 0 aliphatic rings. The van der Waals surface area contributed by atoms with Crippen LogP contribution in [0.5, 0.6) is 5.75 Å². The Morgan fingerprint density at radius 3 is 2.42 bits per heavy atom. The molecule has 0 saturated carbocycles. The van der Waals surface area contributed by atoms with Crippen LogP contribution in [0.3, 0.4) is 0 Å². The second-order valence-corrected chi connectivity index (χ2v) is 5.95. The molecule has 3 nitrogen and oxygen atoms in total. The molecule has 0 aliphatic carbocycles. The molecule has 0 spiro atoms. The Kier molecular flexibility index (Phi) is 6.01. The Labute approximate surface area is 123 Å². The Morgan fingerprint density at radius 2 is 1.89 bits per heavy atom. The van der Waals surface area contributed by atoms with Crippen LogP contribution in [0.15, 0.2) is 18.2 Å². The SMILES string of the molecule is COCCOc1cc(C(=O)CBr)cc(C(C)(C)C)c1. The number of alkyl halides is 1. The van der Waals surface area contributed by atoms with E-state index in [2.05, 4.69) is 36.7 Å². The van der Waals surface area contributed by atoms with Crippen molar-refractivity contribution in [3.8, 4) is 5.75 Å². The van der Waals surface area contributed by atoms with E-state index < -0.39 is 0 Å². The molecular formula is C15H21BrO3. The Bertz CT molecular complexity index is 436. The van der Waals surface area contributed by atoms with Gasteiger partial charge in [0, 0.05) is 12.7 Å². The number of ether oxygens (including phenoxy) is 2. The number of benzene rings is 1. The second-order valence-electron chi connectivity index (χ2n) is 5.39. The zero-order chi connectivity index (χ0) is 14.5. The molecule has 1 aromatic carbocycles. The van der Waals surface area contributed by atoms with Crippen LogP contribution in [0.25, 0.3) is 0 Å². The van der Waals surface area contributed by atoms with Gasteiger partial charge >= 0.3 is 0 Å². The number of hydrogen-bond acceptors (Lipinski definition) is 3. The summed E-state index contributed by atoms with van der Waals surface area (Å²) < 4.78 is 10.6. The van der Waals surface area contributed by atoms with Crippen LogP contribution < -0.4 is 4.74 Å². The average Bonchev–Trinajstić information content (AvgIpc) is 2.36. The first-order valence-electron chi connectivity index (χ1n) is 6.25. The van der Waals surface area contributed by atoms with Crippen molar-refractivity contribution >= 4 is 21.7 Å². The van der Waals surface area contributed by atoms with Gasteiger partial charge in [0.1, 0.15) is 12.4 Å². The minimum atomic E-state index is -0.0258. The van der Waals surface area contributed by atoms with Gasteiger partial charge in [0.05, 0.1) is 11.9 Å². The van der Waals surface area contributed by atoms with E-state index in [1.807, 2.05) is 12.1 Å². The van der Waals surface area contributed by atoms with Crippen LogP contribution in [0.2, 0.25) is 0 Å². The largest absolute Gasteiger partial charge is 0.491 e.